The fraction of sp³-hybridized carbons (Fsp3) is 0.438. The second kappa shape index (κ2) is 5.21. The van der Waals surface area contributed by atoms with Crippen molar-refractivity contribution in [3.63, 3.8) is 0 Å². The van der Waals surface area contributed by atoms with Gasteiger partial charge in [-0.3, -0.25) is 0 Å². The number of rotatable bonds is 3. The van der Waals surface area contributed by atoms with Gasteiger partial charge in [0, 0.05) is 19.5 Å². The van der Waals surface area contributed by atoms with E-state index in [-0.39, 0.29) is 0 Å². The van der Waals surface area contributed by atoms with Crippen molar-refractivity contribution in [2.75, 3.05) is 0 Å². The number of aromatic nitrogens is 5. The van der Waals surface area contributed by atoms with Crippen molar-refractivity contribution < 1.29 is 0 Å². The second-order valence-electron chi connectivity index (χ2n) is 5.95. The van der Waals surface area contributed by atoms with Crippen LogP contribution in [0.25, 0.3) is 11.0 Å². The SMILES string of the molecule is Cc1nc2n(n1)C[C@H](NCc1nc3ccccc3n1C)CC2. The Kier molecular flexibility index (Phi) is 3.18. The molecule has 1 aliphatic rings. The minimum Gasteiger partial charge on any atom is -0.330 e. The molecule has 1 atom stereocenters. The predicted molar refractivity (Wildman–Crippen MR) is 84.4 cm³/mol. The molecule has 3 aromatic rings. The molecular formula is C16H20N6. The van der Waals surface area contributed by atoms with Crippen LogP contribution in [-0.4, -0.2) is 30.4 Å². The van der Waals surface area contributed by atoms with E-state index >= 15 is 0 Å². The average Bonchev–Trinajstić information content (AvgIpc) is 3.04. The molecule has 0 radical (unpaired) electrons. The summed E-state index contributed by atoms with van der Waals surface area (Å²) in [4.78, 5) is 9.17. The third-order valence-corrected chi connectivity index (χ3v) is 4.39. The zero-order chi connectivity index (χ0) is 15.1. The summed E-state index contributed by atoms with van der Waals surface area (Å²) < 4.78 is 4.20. The fourth-order valence-electron chi connectivity index (χ4n) is 3.19. The van der Waals surface area contributed by atoms with E-state index < -0.39 is 0 Å². The Morgan fingerprint density at radius 2 is 2.14 bits per heavy atom. The molecule has 0 bridgehead atoms. The summed E-state index contributed by atoms with van der Waals surface area (Å²) in [5.74, 6) is 3.05. The molecular weight excluding hydrogens is 276 g/mol. The van der Waals surface area contributed by atoms with Gasteiger partial charge < -0.3 is 9.88 Å². The normalized spacial score (nSPS) is 17.8. The number of imidazole rings is 1. The van der Waals surface area contributed by atoms with E-state index in [1.165, 1.54) is 5.52 Å². The quantitative estimate of drug-likeness (QED) is 0.797. The smallest absolute Gasteiger partial charge is 0.147 e. The predicted octanol–water partition coefficient (Wildman–Crippen LogP) is 1.58. The first-order chi connectivity index (χ1) is 10.7. The Bertz CT molecular complexity index is 815. The molecule has 3 heterocycles. The van der Waals surface area contributed by atoms with Crippen LogP contribution in [0.1, 0.15) is 23.9 Å². The minimum absolute atomic E-state index is 0.424. The van der Waals surface area contributed by atoms with E-state index in [0.717, 1.165) is 48.9 Å². The Morgan fingerprint density at radius 1 is 1.27 bits per heavy atom. The highest BCUT2D eigenvalue weighted by Gasteiger charge is 2.21. The van der Waals surface area contributed by atoms with Gasteiger partial charge in [-0.05, 0) is 25.5 Å². The number of hydrogen-bond donors (Lipinski definition) is 1. The summed E-state index contributed by atoms with van der Waals surface area (Å²) >= 11 is 0. The van der Waals surface area contributed by atoms with Gasteiger partial charge in [-0.2, -0.15) is 5.10 Å². The molecule has 0 saturated heterocycles. The summed E-state index contributed by atoms with van der Waals surface area (Å²) in [5, 5.41) is 8.07. The third-order valence-electron chi connectivity index (χ3n) is 4.39. The van der Waals surface area contributed by atoms with Crippen molar-refractivity contribution in [2.24, 2.45) is 7.05 Å². The first-order valence-electron chi connectivity index (χ1n) is 7.75. The lowest BCUT2D eigenvalue weighted by Crippen LogP contribution is -2.37. The molecule has 4 rings (SSSR count). The van der Waals surface area contributed by atoms with E-state index in [1.807, 2.05) is 17.7 Å². The standard InChI is InChI=1S/C16H20N6/c1-11-18-15-8-7-12(10-22(15)20-11)17-9-16-19-13-5-3-4-6-14(13)21(16)2/h3-6,12,17H,7-10H2,1-2H3/t12-/m1/s1. The van der Waals surface area contributed by atoms with Gasteiger partial charge in [-0.1, -0.05) is 12.1 Å². The molecule has 114 valence electrons. The molecule has 0 fully saturated rings. The minimum atomic E-state index is 0.424. The van der Waals surface area contributed by atoms with E-state index in [4.69, 9.17) is 4.98 Å². The third kappa shape index (κ3) is 2.29. The Balaban J connectivity index is 1.47. The molecule has 6 heteroatoms. The first kappa shape index (κ1) is 13.5. The van der Waals surface area contributed by atoms with E-state index in [0.29, 0.717) is 6.04 Å². The van der Waals surface area contributed by atoms with Crippen molar-refractivity contribution in [1.29, 1.82) is 0 Å². The van der Waals surface area contributed by atoms with Crippen LogP contribution in [0.2, 0.25) is 0 Å². The van der Waals surface area contributed by atoms with E-state index in [1.54, 1.807) is 0 Å². The molecule has 0 saturated carbocycles. The molecule has 1 aliphatic heterocycles. The van der Waals surface area contributed by atoms with Crippen LogP contribution in [0.3, 0.4) is 0 Å². The Labute approximate surface area is 129 Å². The van der Waals surface area contributed by atoms with Gasteiger partial charge in [0.1, 0.15) is 17.5 Å². The summed E-state index contributed by atoms with van der Waals surface area (Å²) in [6.07, 6.45) is 2.09. The van der Waals surface area contributed by atoms with Crippen LogP contribution in [0.4, 0.5) is 0 Å². The van der Waals surface area contributed by atoms with Gasteiger partial charge in [0.05, 0.1) is 24.1 Å². The molecule has 0 amide bonds. The van der Waals surface area contributed by atoms with Gasteiger partial charge >= 0.3 is 0 Å². The van der Waals surface area contributed by atoms with Gasteiger partial charge in [0.25, 0.3) is 0 Å². The maximum Gasteiger partial charge on any atom is 0.147 e. The molecule has 2 aromatic heterocycles. The van der Waals surface area contributed by atoms with Crippen LogP contribution in [0, 0.1) is 6.92 Å². The lowest BCUT2D eigenvalue weighted by atomic mass is 10.1. The maximum absolute atomic E-state index is 4.71. The summed E-state index contributed by atoms with van der Waals surface area (Å²) in [7, 11) is 2.08. The number of fused-ring (bicyclic) bond motifs is 2. The molecule has 1 aromatic carbocycles. The van der Waals surface area contributed by atoms with Crippen molar-refractivity contribution in [1.82, 2.24) is 29.6 Å². The average molecular weight is 296 g/mol. The van der Waals surface area contributed by atoms with Gasteiger partial charge in [0.15, 0.2) is 0 Å². The summed E-state index contributed by atoms with van der Waals surface area (Å²) in [6.45, 7) is 3.62. The van der Waals surface area contributed by atoms with Crippen molar-refractivity contribution in [3.8, 4) is 0 Å². The van der Waals surface area contributed by atoms with Gasteiger partial charge in [0.2, 0.25) is 0 Å². The number of nitrogens with one attached hydrogen (secondary N) is 1. The molecule has 0 unspecified atom stereocenters. The molecule has 0 aliphatic carbocycles. The zero-order valence-electron chi connectivity index (χ0n) is 13.0. The highest BCUT2D eigenvalue weighted by Crippen LogP contribution is 2.16. The van der Waals surface area contributed by atoms with Crippen molar-refractivity contribution in [2.45, 2.75) is 38.9 Å². The van der Waals surface area contributed by atoms with Crippen molar-refractivity contribution in [3.05, 3.63) is 41.7 Å². The van der Waals surface area contributed by atoms with Gasteiger partial charge in [-0.15, -0.1) is 0 Å². The topological polar surface area (TPSA) is 60.6 Å². The largest absolute Gasteiger partial charge is 0.330 e. The molecule has 0 spiro atoms. The van der Waals surface area contributed by atoms with Gasteiger partial charge in [-0.25, -0.2) is 14.6 Å². The summed E-state index contributed by atoms with van der Waals surface area (Å²) in [6, 6.07) is 8.67. The lowest BCUT2D eigenvalue weighted by Gasteiger charge is -2.23. The highest BCUT2D eigenvalue weighted by atomic mass is 15.4. The van der Waals surface area contributed by atoms with Crippen LogP contribution >= 0.6 is 0 Å². The van der Waals surface area contributed by atoms with Crippen LogP contribution in [-0.2, 0) is 26.6 Å². The maximum atomic E-state index is 4.71. The van der Waals surface area contributed by atoms with Crippen molar-refractivity contribution >= 4 is 11.0 Å². The van der Waals surface area contributed by atoms with Crippen LogP contribution in [0.15, 0.2) is 24.3 Å². The van der Waals surface area contributed by atoms with E-state index in [9.17, 15) is 0 Å². The summed E-state index contributed by atoms with van der Waals surface area (Å²) in [5.41, 5.74) is 2.23. The molecule has 6 nitrogen and oxygen atoms in total. The molecule has 1 N–H and O–H groups in total. The number of aryl methyl sites for hydroxylation is 3. The Morgan fingerprint density at radius 3 is 3.00 bits per heavy atom. The second-order valence-corrected chi connectivity index (χ2v) is 5.95. The molecule has 22 heavy (non-hydrogen) atoms. The van der Waals surface area contributed by atoms with Crippen LogP contribution < -0.4 is 5.32 Å². The first-order valence-corrected chi connectivity index (χ1v) is 7.75. The highest BCUT2D eigenvalue weighted by molar-refractivity contribution is 5.75. The number of nitrogens with zero attached hydrogens (tertiary/aromatic N) is 5. The monoisotopic (exact) mass is 296 g/mol. The number of benzene rings is 1. The zero-order valence-corrected chi connectivity index (χ0v) is 13.0. The van der Waals surface area contributed by atoms with Crippen LogP contribution in [0.5, 0.6) is 0 Å². The lowest BCUT2D eigenvalue weighted by molar-refractivity contribution is 0.354. The number of hydrogen-bond acceptors (Lipinski definition) is 4. The fourth-order valence-corrected chi connectivity index (χ4v) is 3.19. The Hall–Kier alpha value is -2.21. The number of para-hydroxylation sites is 2. The van der Waals surface area contributed by atoms with E-state index in [2.05, 4.69) is 45.2 Å².